The zero-order valence-corrected chi connectivity index (χ0v) is 12.1. The Morgan fingerprint density at radius 2 is 2.11 bits per heavy atom. The van der Waals surface area contributed by atoms with Crippen LogP contribution in [0.25, 0.3) is 0 Å². The van der Waals surface area contributed by atoms with Crippen LogP contribution in [0.4, 0.5) is 0 Å². The highest BCUT2D eigenvalue weighted by molar-refractivity contribution is 5.27. The van der Waals surface area contributed by atoms with Gasteiger partial charge in [0.1, 0.15) is 0 Å². The first-order valence-corrected chi connectivity index (χ1v) is 7.28. The van der Waals surface area contributed by atoms with E-state index in [2.05, 4.69) is 23.6 Å². The van der Waals surface area contributed by atoms with E-state index in [9.17, 15) is 5.11 Å². The van der Waals surface area contributed by atoms with E-state index in [0.717, 1.165) is 22.9 Å². The van der Waals surface area contributed by atoms with E-state index in [4.69, 9.17) is 0 Å². The van der Waals surface area contributed by atoms with Crippen molar-refractivity contribution in [2.75, 3.05) is 0 Å². The van der Waals surface area contributed by atoms with Gasteiger partial charge in [0.2, 0.25) is 0 Å². The second kappa shape index (κ2) is 5.43. The summed E-state index contributed by atoms with van der Waals surface area (Å²) in [6.07, 6.45) is 6.03. The topological polar surface area (TPSA) is 38.0 Å². The van der Waals surface area contributed by atoms with Gasteiger partial charge in [-0.25, -0.2) is 0 Å². The zero-order valence-electron chi connectivity index (χ0n) is 12.1. The highest BCUT2D eigenvalue weighted by Crippen LogP contribution is 2.36. The van der Waals surface area contributed by atoms with Crippen LogP contribution >= 0.6 is 0 Å². The van der Waals surface area contributed by atoms with Gasteiger partial charge in [-0.05, 0) is 39.5 Å². The smallest absolute Gasteiger partial charge is 0.0797 e. The second-order valence-corrected chi connectivity index (χ2v) is 5.80. The van der Waals surface area contributed by atoms with Gasteiger partial charge in [-0.1, -0.05) is 26.2 Å². The van der Waals surface area contributed by atoms with Gasteiger partial charge in [0, 0.05) is 11.3 Å². The molecule has 1 aromatic heterocycles. The third-order valence-electron chi connectivity index (χ3n) is 4.48. The number of hydrogen-bond donors (Lipinski definition) is 1. The zero-order chi connectivity index (χ0) is 13.3. The number of aromatic nitrogens is 2. The minimum absolute atomic E-state index is 0.413. The van der Waals surface area contributed by atoms with Crippen molar-refractivity contribution in [1.82, 2.24) is 9.78 Å². The van der Waals surface area contributed by atoms with Crippen molar-refractivity contribution in [3.63, 3.8) is 0 Å². The number of nitrogens with zero attached hydrogens (tertiary/aromatic N) is 2. The maximum absolute atomic E-state index is 9.84. The Labute approximate surface area is 110 Å². The van der Waals surface area contributed by atoms with Crippen molar-refractivity contribution in [3.05, 3.63) is 17.0 Å². The molecule has 3 heteroatoms. The maximum atomic E-state index is 9.84. The highest BCUT2D eigenvalue weighted by atomic mass is 16.3. The molecule has 1 aromatic rings. The van der Waals surface area contributed by atoms with E-state index in [-0.39, 0.29) is 0 Å². The summed E-state index contributed by atoms with van der Waals surface area (Å²) in [6, 6.07) is 0.537. The molecule has 0 saturated heterocycles. The van der Waals surface area contributed by atoms with Gasteiger partial charge in [0.15, 0.2) is 0 Å². The number of hydrogen-bond acceptors (Lipinski definition) is 2. The van der Waals surface area contributed by atoms with Crippen LogP contribution in [0, 0.1) is 19.8 Å². The molecular weight excluding hydrogens is 224 g/mol. The molecule has 0 bridgehead atoms. The molecule has 1 heterocycles. The molecule has 3 atom stereocenters. The van der Waals surface area contributed by atoms with Crippen LogP contribution in [0.3, 0.4) is 0 Å². The fraction of sp³-hybridized carbons (Fsp3) is 0.800. The van der Waals surface area contributed by atoms with Gasteiger partial charge in [-0.15, -0.1) is 0 Å². The lowest BCUT2D eigenvalue weighted by atomic mass is 9.84. The number of aliphatic hydroxyl groups excluding tert-OH is 1. The minimum atomic E-state index is -0.413. The minimum Gasteiger partial charge on any atom is -0.389 e. The summed E-state index contributed by atoms with van der Waals surface area (Å²) in [5.41, 5.74) is 3.17. The third-order valence-corrected chi connectivity index (χ3v) is 4.48. The van der Waals surface area contributed by atoms with Gasteiger partial charge in [-0.2, -0.15) is 5.10 Å². The molecule has 1 aliphatic rings. The third kappa shape index (κ3) is 2.46. The Bertz CT molecular complexity index is 409. The Balaban J connectivity index is 2.25. The SMILES string of the molecule is CCC1CCCC(n2nc(C)c(C(C)O)c2C)C1. The Morgan fingerprint density at radius 1 is 1.39 bits per heavy atom. The molecule has 0 amide bonds. The van der Waals surface area contributed by atoms with Gasteiger partial charge < -0.3 is 5.11 Å². The van der Waals surface area contributed by atoms with Crippen LogP contribution in [-0.2, 0) is 0 Å². The second-order valence-electron chi connectivity index (χ2n) is 5.80. The van der Waals surface area contributed by atoms with Crippen molar-refractivity contribution in [2.45, 2.75) is 71.9 Å². The molecule has 1 saturated carbocycles. The normalized spacial score (nSPS) is 26.3. The molecule has 1 fully saturated rings. The first-order valence-electron chi connectivity index (χ1n) is 7.28. The van der Waals surface area contributed by atoms with Crippen molar-refractivity contribution < 1.29 is 5.11 Å². The summed E-state index contributed by atoms with van der Waals surface area (Å²) < 4.78 is 2.18. The van der Waals surface area contributed by atoms with Crippen LogP contribution in [0.15, 0.2) is 0 Å². The first kappa shape index (κ1) is 13.6. The largest absolute Gasteiger partial charge is 0.389 e. The summed E-state index contributed by atoms with van der Waals surface area (Å²) in [5.74, 6) is 0.850. The van der Waals surface area contributed by atoms with Gasteiger partial charge in [0.05, 0.1) is 17.8 Å². The lowest BCUT2D eigenvalue weighted by molar-refractivity contribution is 0.196. The van der Waals surface area contributed by atoms with Crippen LogP contribution in [0.2, 0.25) is 0 Å². The fourth-order valence-electron chi connectivity index (χ4n) is 3.49. The molecule has 0 aromatic carbocycles. The molecule has 0 spiro atoms. The summed E-state index contributed by atoms with van der Waals surface area (Å²) in [4.78, 5) is 0. The van der Waals surface area contributed by atoms with Crippen LogP contribution < -0.4 is 0 Å². The van der Waals surface area contributed by atoms with Crippen molar-refractivity contribution in [3.8, 4) is 0 Å². The molecular formula is C15H26N2O. The predicted molar refractivity (Wildman–Crippen MR) is 73.6 cm³/mol. The van der Waals surface area contributed by atoms with E-state index in [1.807, 2.05) is 13.8 Å². The first-order chi connectivity index (χ1) is 8.54. The standard InChI is InChI=1S/C15H26N2O/c1-5-13-7-6-8-14(9-13)17-11(3)15(12(4)18)10(2)16-17/h12-14,18H,5-9H2,1-4H3. The number of aryl methyl sites for hydroxylation is 1. The summed E-state index contributed by atoms with van der Waals surface area (Å²) in [6.45, 7) is 8.22. The molecule has 3 nitrogen and oxygen atoms in total. The quantitative estimate of drug-likeness (QED) is 0.888. The van der Waals surface area contributed by atoms with Gasteiger partial charge >= 0.3 is 0 Å². The molecule has 0 radical (unpaired) electrons. The number of rotatable bonds is 3. The van der Waals surface area contributed by atoms with Crippen molar-refractivity contribution >= 4 is 0 Å². The molecule has 1 N–H and O–H groups in total. The average Bonchev–Trinajstić information content (AvgIpc) is 2.65. The van der Waals surface area contributed by atoms with E-state index in [1.54, 1.807) is 0 Å². The Morgan fingerprint density at radius 3 is 2.67 bits per heavy atom. The van der Waals surface area contributed by atoms with Gasteiger partial charge in [-0.3, -0.25) is 4.68 Å². The summed E-state index contributed by atoms with van der Waals surface area (Å²) in [7, 11) is 0. The van der Waals surface area contributed by atoms with Gasteiger partial charge in [0.25, 0.3) is 0 Å². The van der Waals surface area contributed by atoms with Crippen LogP contribution in [0.5, 0.6) is 0 Å². The Hall–Kier alpha value is -0.830. The van der Waals surface area contributed by atoms with Crippen LogP contribution in [-0.4, -0.2) is 14.9 Å². The summed E-state index contributed by atoms with van der Waals surface area (Å²) in [5, 5.41) is 14.5. The lowest BCUT2D eigenvalue weighted by Crippen LogP contribution is -2.21. The molecule has 1 aliphatic carbocycles. The van der Waals surface area contributed by atoms with E-state index in [0.29, 0.717) is 6.04 Å². The summed E-state index contributed by atoms with van der Waals surface area (Å²) >= 11 is 0. The fourth-order valence-corrected chi connectivity index (χ4v) is 3.49. The van der Waals surface area contributed by atoms with Crippen LogP contribution in [0.1, 0.15) is 75.0 Å². The van der Waals surface area contributed by atoms with Crippen molar-refractivity contribution in [1.29, 1.82) is 0 Å². The van der Waals surface area contributed by atoms with E-state index >= 15 is 0 Å². The molecule has 3 unspecified atom stereocenters. The number of aliphatic hydroxyl groups is 1. The molecule has 102 valence electrons. The molecule has 2 rings (SSSR count). The monoisotopic (exact) mass is 250 g/mol. The van der Waals surface area contributed by atoms with E-state index in [1.165, 1.54) is 32.1 Å². The average molecular weight is 250 g/mol. The predicted octanol–water partition coefficient (Wildman–Crippen LogP) is 3.69. The Kier molecular flexibility index (Phi) is 4.10. The molecule has 18 heavy (non-hydrogen) atoms. The lowest BCUT2D eigenvalue weighted by Gasteiger charge is -2.29. The maximum Gasteiger partial charge on any atom is 0.0797 e. The van der Waals surface area contributed by atoms with E-state index < -0.39 is 6.10 Å². The molecule has 0 aliphatic heterocycles. The highest BCUT2D eigenvalue weighted by Gasteiger charge is 2.26. The van der Waals surface area contributed by atoms with Crippen molar-refractivity contribution in [2.24, 2.45) is 5.92 Å².